The van der Waals surface area contributed by atoms with E-state index in [1.807, 2.05) is 11.4 Å². The van der Waals surface area contributed by atoms with Crippen LogP contribution in [-0.4, -0.2) is 12.5 Å². The van der Waals surface area contributed by atoms with Gasteiger partial charge in [-0.15, -0.1) is 11.3 Å². The summed E-state index contributed by atoms with van der Waals surface area (Å²) >= 11 is 4.83. The predicted octanol–water partition coefficient (Wildman–Crippen LogP) is 3.74. The molecule has 0 atom stereocenters. The van der Waals surface area contributed by atoms with Gasteiger partial charge in [-0.25, -0.2) is 0 Å². The van der Waals surface area contributed by atoms with Crippen LogP contribution in [0.15, 0.2) is 27.6 Å². The smallest absolute Gasteiger partial charge is 0.262 e. The van der Waals surface area contributed by atoms with Gasteiger partial charge in [-0.05, 0) is 53.1 Å². The van der Waals surface area contributed by atoms with E-state index in [1.165, 1.54) is 36.2 Å². The summed E-state index contributed by atoms with van der Waals surface area (Å²) in [5.41, 5.74) is 1.49. The molecule has 0 unspecified atom stereocenters. The van der Waals surface area contributed by atoms with E-state index in [0.29, 0.717) is 0 Å². The Morgan fingerprint density at radius 3 is 3.06 bits per heavy atom. The maximum Gasteiger partial charge on any atom is 0.262 e. The molecule has 0 radical (unpaired) electrons. The maximum absolute atomic E-state index is 11.8. The number of carbonyl (C=O) groups excluding carboxylic acids is 1. The molecule has 0 spiro atoms. The van der Waals surface area contributed by atoms with Crippen molar-refractivity contribution in [3.05, 3.63) is 32.4 Å². The third-order valence-corrected chi connectivity index (χ3v) is 4.53. The van der Waals surface area contributed by atoms with Crippen LogP contribution in [0.25, 0.3) is 0 Å². The molecule has 0 saturated carbocycles. The largest absolute Gasteiger partial charge is 0.351 e. The molecule has 0 aliphatic heterocycles. The first-order valence-electron chi connectivity index (χ1n) is 5.46. The number of hydrogen-bond donors (Lipinski definition) is 1. The zero-order valence-corrected chi connectivity index (χ0v) is 11.4. The number of hydrogen-bond acceptors (Lipinski definition) is 2. The highest BCUT2D eigenvalue weighted by Crippen LogP contribution is 2.23. The lowest BCUT2D eigenvalue weighted by Crippen LogP contribution is -2.24. The van der Waals surface area contributed by atoms with Gasteiger partial charge in [0.15, 0.2) is 0 Å². The molecule has 1 aliphatic rings. The average molecular weight is 300 g/mol. The molecule has 1 aromatic rings. The molecule has 1 heterocycles. The van der Waals surface area contributed by atoms with Gasteiger partial charge in [0.05, 0.1) is 0 Å². The van der Waals surface area contributed by atoms with Crippen LogP contribution in [0, 0.1) is 0 Å². The SMILES string of the molecule is O=C(NCCC1=CCCC1)c1sccc1Br. The lowest BCUT2D eigenvalue weighted by atomic mass is 10.2. The Morgan fingerprint density at radius 1 is 1.56 bits per heavy atom. The van der Waals surface area contributed by atoms with Gasteiger partial charge in [-0.1, -0.05) is 11.6 Å². The summed E-state index contributed by atoms with van der Waals surface area (Å²) in [5.74, 6) is 0.0282. The molecule has 4 heteroatoms. The van der Waals surface area contributed by atoms with Gasteiger partial charge in [0.2, 0.25) is 0 Å². The topological polar surface area (TPSA) is 29.1 Å². The summed E-state index contributed by atoms with van der Waals surface area (Å²) in [5, 5.41) is 4.87. The van der Waals surface area contributed by atoms with Crippen molar-refractivity contribution in [2.75, 3.05) is 6.54 Å². The van der Waals surface area contributed by atoms with Gasteiger partial charge in [0.1, 0.15) is 4.88 Å². The first kappa shape index (κ1) is 11.9. The Kier molecular flexibility index (Phi) is 4.18. The molecule has 0 saturated heterocycles. The first-order valence-corrected chi connectivity index (χ1v) is 7.14. The number of amides is 1. The molecule has 2 rings (SSSR count). The Balaban J connectivity index is 1.78. The van der Waals surface area contributed by atoms with Gasteiger partial charge in [0, 0.05) is 11.0 Å². The fourth-order valence-corrected chi connectivity index (χ4v) is 3.30. The van der Waals surface area contributed by atoms with E-state index < -0.39 is 0 Å². The van der Waals surface area contributed by atoms with Crippen molar-refractivity contribution in [2.45, 2.75) is 25.7 Å². The Hall–Kier alpha value is -0.610. The summed E-state index contributed by atoms with van der Waals surface area (Å²) < 4.78 is 0.884. The van der Waals surface area contributed by atoms with Crippen LogP contribution in [-0.2, 0) is 0 Å². The summed E-state index contributed by atoms with van der Waals surface area (Å²) in [4.78, 5) is 12.5. The maximum atomic E-state index is 11.8. The second-order valence-corrected chi connectivity index (χ2v) is 5.63. The highest BCUT2D eigenvalue weighted by molar-refractivity contribution is 9.10. The van der Waals surface area contributed by atoms with E-state index in [9.17, 15) is 4.79 Å². The molecule has 2 nitrogen and oxygen atoms in total. The summed E-state index contributed by atoms with van der Waals surface area (Å²) in [6, 6.07) is 1.90. The number of nitrogens with one attached hydrogen (secondary N) is 1. The standard InChI is InChI=1S/C12H14BrNOS/c13-10-6-8-16-11(10)12(15)14-7-5-9-3-1-2-4-9/h3,6,8H,1-2,4-5,7H2,(H,14,15). The van der Waals surface area contributed by atoms with Crippen molar-refractivity contribution in [3.63, 3.8) is 0 Å². The second kappa shape index (κ2) is 5.64. The Labute approximate surface area is 108 Å². The molecule has 0 aromatic carbocycles. The minimum absolute atomic E-state index is 0.0282. The Morgan fingerprint density at radius 2 is 2.44 bits per heavy atom. The summed E-state index contributed by atoms with van der Waals surface area (Å²) in [6.45, 7) is 0.745. The van der Waals surface area contributed by atoms with Gasteiger partial charge in [0.25, 0.3) is 5.91 Å². The first-order chi connectivity index (χ1) is 7.77. The van der Waals surface area contributed by atoms with Crippen LogP contribution in [0.4, 0.5) is 0 Å². The molecule has 1 N–H and O–H groups in total. The van der Waals surface area contributed by atoms with Crippen LogP contribution < -0.4 is 5.32 Å². The van der Waals surface area contributed by atoms with Crippen molar-refractivity contribution in [3.8, 4) is 0 Å². The minimum atomic E-state index is 0.0282. The van der Waals surface area contributed by atoms with Gasteiger partial charge >= 0.3 is 0 Å². The number of thiophene rings is 1. The van der Waals surface area contributed by atoms with Crippen molar-refractivity contribution in [1.82, 2.24) is 5.32 Å². The fourth-order valence-electron chi connectivity index (χ4n) is 1.84. The molecular formula is C12H14BrNOS. The van der Waals surface area contributed by atoms with Gasteiger partial charge < -0.3 is 5.32 Å². The zero-order valence-electron chi connectivity index (χ0n) is 8.96. The lowest BCUT2D eigenvalue weighted by molar-refractivity contribution is 0.0957. The highest BCUT2D eigenvalue weighted by atomic mass is 79.9. The molecule has 0 fully saturated rings. The van der Waals surface area contributed by atoms with Crippen LogP contribution in [0.3, 0.4) is 0 Å². The molecule has 1 amide bonds. The van der Waals surface area contributed by atoms with Crippen LogP contribution in [0.1, 0.15) is 35.4 Å². The molecule has 1 aromatic heterocycles. The van der Waals surface area contributed by atoms with E-state index in [2.05, 4.69) is 27.3 Å². The van der Waals surface area contributed by atoms with E-state index in [1.54, 1.807) is 0 Å². The highest BCUT2D eigenvalue weighted by Gasteiger charge is 2.11. The number of carbonyl (C=O) groups is 1. The number of rotatable bonds is 4. The second-order valence-electron chi connectivity index (χ2n) is 3.86. The average Bonchev–Trinajstić information content (AvgIpc) is 2.88. The molecule has 0 bridgehead atoms. The van der Waals surface area contributed by atoms with Gasteiger partial charge in [-0.2, -0.15) is 0 Å². The number of halogens is 1. The Bertz CT molecular complexity index is 411. The zero-order chi connectivity index (χ0) is 11.4. The van der Waals surface area contributed by atoms with E-state index in [4.69, 9.17) is 0 Å². The van der Waals surface area contributed by atoms with Crippen LogP contribution in [0.2, 0.25) is 0 Å². The van der Waals surface area contributed by atoms with Gasteiger partial charge in [-0.3, -0.25) is 4.79 Å². The van der Waals surface area contributed by atoms with E-state index in [0.717, 1.165) is 22.3 Å². The third kappa shape index (κ3) is 2.95. The third-order valence-electron chi connectivity index (χ3n) is 2.69. The summed E-state index contributed by atoms with van der Waals surface area (Å²) in [7, 11) is 0. The van der Waals surface area contributed by atoms with Crippen LogP contribution >= 0.6 is 27.3 Å². The molecule has 86 valence electrons. The fraction of sp³-hybridized carbons (Fsp3) is 0.417. The van der Waals surface area contributed by atoms with E-state index >= 15 is 0 Å². The predicted molar refractivity (Wildman–Crippen MR) is 70.9 cm³/mol. The van der Waals surface area contributed by atoms with Crippen LogP contribution in [0.5, 0.6) is 0 Å². The van der Waals surface area contributed by atoms with Crippen molar-refractivity contribution in [1.29, 1.82) is 0 Å². The summed E-state index contributed by atoms with van der Waals surface area (Å²) in [6.07, 6.45) is 6.99. The quantitative estimate of drug-likeness (QED) is 0.843. The van der Waals surface area contributed by atoms with Crippen molar-refractivity contribution in [2.24, 2.45) is 0 Å². The normalized spacial score (nSPS) is 14.9. The molecular weight excluding hydrogens is 286 g/mol. The van der Waals surface area contributed by atoms with Crippen molar-refractivity contribution < 1.29 is 4.79 Å². The lowest BCUT2D eigenvalue weighted by Gasteiger charge is -2.04. The monoisotopic (exact) mass is 299 g/mol. The number of allylic oxidation sites excluding steroid dienone is 1. The molecule has 16 heavy (non-hydrogen) atoms. The molecule has 1 aliphatic carbocycles. The van der Waals surface area contributed by atoms with Crippen molar-refractivity contribution >= 4 is 33.2 Å². The van der Waals surface area contributed by atoms with E-state index in [-0.39, 0.29) is 5.91 Å². The minimum Gasteiger partial charge on any atom is -0.351 e.